The number of ether oxygens (including phenoxy) is 1. The van der Waals surface area contributed by atoms with Gasteiger partial charge in [-0.1, -0.05) is 6.92 Å². The van der Waals surface area contributed by atoms with E-state index in [2.05, 4.69) is 0 Å². The molecule has 1 aromatic heterocycles. The largest absolute Gasteiger partial charge is 0.469 e. The smallest absolute Gasteiger partial charge is 0.307 e. The summed E-state index contributed by atoms with van der Waals surface area (Å²) in [5, 5.41) is 0. The van der Waals surface area contributed by atoms with E-state index in [0.29, 0.717) is 12.3 Å². The number of methoxy groups -OCH3 is 1. The molecule has 1 saturated heterocycles. The molecule has 0 N–H and O–H groups in total. The fourth-order valence-electron chi connectivity index (χ4n) is 2.58. The van der Waals surface area contributed by atoms with Crippen LogP contribution in [0.5, 0.6) is 0 Å². The molecule has 1 aliphatic rings. The van der Waals surface area contributed by atoms with Gasteiger partial charge in [0.05, 0.1) is 13.5 Å². The second-order valence-electron chi connectivity index (χ2n) is 5.05. The molecule has 5 nitrogen and oxygen atoms in total. The van der Waals surface area contributed by atoms with E-state index in [1.807, 2.05) is 13.0 Å². The molecule has 0 bridgehead atoms. The molecular formula is C15H21NO4. The molecule has 0 spiro atoms. The summed E-state index contributed by atoms with van der Waals surface area (Å²) in [7, 11) is 1.37. The number of nitrogens with zero attached hydrogens (tertiary/aromatic N) is 1. The molecular weight excluding hydrogens is 258 g/mol. The molecule has 0 aromatic carbocycles. The lowest BCUT2D eigenvalue weighted by molar-refractivity contribution is -0.142. The highest BCUT2D eigenvalue weighted by Gasteiger charge is 2.30. The summed E-state index contributed by atoms with van der Waals surface area (Å²) >= 11 is 0. The molecule has 1 amide bonds. The fraction of sp³-hybridized carbons (Fsp3) is 0.600. The van der Waals surface area contributed by atoms with Crippen molar-refractivity contribution in [3.05, 3.63) is 23.7 Å². The number of aryl methyl sites for hydroxylation is 1. The number of carbonyl (C=O) groups excluding carboxylic acids is 2. The normalized spacial score (nSPS) is 18.9. The van der Waals surface area contributed by atoms with Gasteiger partial charge in [-0.05, 0) is 31.4 Å². The van der Waals surface area contributed by atoms with E-state index in [-0.39, 0.29) is 24.3 Å². The number of amides is 1. The zero-order valence-electron chi connectivity index (χ0n) is 12.1. The lowest BCUT2D eigenvalue weighted by atomic mass is 9.99. The highest BCUT2D eigenvalue weighted by molar-refractivity contribution is 5.92. The Morgan fingerprint density at radius 2 is 2.20 bits per heavy atom. The Hall–Kier alpha value is -1.78. The standard InChI is InChI=1S/C15H21NO4/c1-3-12-7-8-13(20-12)15(18)16-9-5-4-6-11(16)10-14(17)19-2/h7-8,11H,3-6,9-10H2,1-2H3/t11-/m1/s1. The van der Waals surface area contributed by atoms with Crippen LogP contribution in [0.1, 0.15) is 48.9 Å². The van der Waals surface area contributed by atoms with E-state index in [0.717, 1.165) is 31.4 Å². The summed E-state index contributed by atoms with van der Waals surface area (Å²) in [6.45, 7) is 2.65. The van der Waals surface area contributed by atoms with Crippen molar-refractivity contribution in [1.82, 2.24) is 4.90 Å². The van der Waals surface area contributed by atoms with E-state index in [1.54, 1.807) is 11.0 Å². The zero-order valence-corrected chi connectivity index (χ0v) is 12.1. The van der Waals surface area contributed by atoms with Crippen LogP contribution in [-0.2, 0) is 16.0 Å². The first-order valence-corrected chi connectivity index (χ1v) is 7.12. The Morgan fingerprint density at radius 1 is 1.40 bits per heavy atom. The van der Waals surface area contributed by atoms with Gasteiger partial charge in [0.1, 0.15) is 5.76 Å². The van der Waals surface area contributed by atoms with Crippen LogP contribution in [0.25, 0.3) is 0 Å². The van der Waals surface area contributed by atoms with E-state index in [4.69, 9.17) is 9.15 Å². The van der Waals surface area contributed by atoms with Crippen molar-refractivity contribution in [2.75, 3.05) is 13.7 Å². The van der Waals surface area contributed by atoms with Crippen LogP contribution in [-0.4, -0.2) is 36.5 Å². The third-order valence-corrected chi connectivity index (χ3v) is 3.74. The van der Waals surface area contributed by atoms with Crippen LogP contribution in [0, 0.1) is 0 Å². The predicted molar refractivity (Wildman–Crippen MR) is 73.4 cm³/mol. The Balaban J connectivity index is 2.10. The third-order valence-electron chi connectivity index (χ3n) is 3.74. The van der Waals surface area contributed by atoms with E-state index < -0.39 is 0 Å². The van der Waals surface area contributed by atoms with Gasteiger partial charge < -0.3 is 14.1 Å². The van der Waals surface area contributed by atoms with E-state index in [9.17, 15) is 9.59 Å². The molecule has 110 valence electrons. The fourth-order valence-corrected chi connectivity index (χ4v) is 2.58. The van der Waals surface area contributed by atoms with Gasteiger partial charge in [-0.15, -0.1) is 0 Å². The topological polar surface area (TPSA) is 59.8 Å². The molecule has 1 atom stereocenters. The van der Waals surface area contributed by atoms with Crippen molar-refractivity contribution in [3.63, 3.8) is 0 Å². The summed E-state index contributed by atoms with van der Waals surface area (Å²) in [5.41, 5.74) is 0. The molecule has 0 aliphatic carbocycles. The number of hydrogen-bond acceptors (Lipinski definition) is 4. The Kier molecular flexibility index (Phi) is 4.82. The van der Waals surface area contributed by atoms with Crippen molar-refractivity contribution >= 4 is 11.9 Å². The average Bonchev–Trinajstić information content (AvgIpc) is 2.96. The van der Waals surface area contributed by atoms with Gasteiger partial charge in [-0.3, -0.25) is 9.59 Å². The van der Waals surface area contributed by atoms with Crippen molar-refractivity contribution in [1.29, 1.82) is 0 Å². The first-order valence-electron chi connectivity index (χ1n) is 7.12. The number of piperidine rings is 1. The van der Waals surface area contributed by atoms with Crippen LogP contribution in [0.3, 0.4) is 0 Å². The zero-order chi connectivity index (χ0) is 14.5. The van der Waals surface area contributed by atoms with Crippen molar-refractivity contribution < 1.29 is 18.7 Å². The van der Waals surface area contributed by atoms with Gasteiger partial charge >= 0.3 is 5.97 Å². The second-order valence-corrected chi connectivity index (χ2v) is 5.05. The van der Waals surface area contributed by atoms with Gasteiger partial charge in [0, 0.05) is 19.0 Å². The summed E-state index contributed by atoms with van der Waals surface area (Å²) < 4.78 is 10.2. The Morgan fingerprint density at radius 3 is 2.85 bits per heavy atom. The molecule has 1 fully saturated rings. The van der Waals surface area contributed by atoms with Crippen molar-refractivity contribution in [2.45, 2.75) is 45.1 Å². The number of esters is 1. The maximum absolute atomic E-state index is 12.5. The van der Waals surface area contributed by atoms with Crippen LogP contribution in [0.4, 0.5) is 0 Å². The predicted octanol–water partition coefficient (Wildman–Crippen LogP) is 2.40. The number of hydrogen-bond donors (Lipinski definition) is 0. The Labute approximate surface area is 118 Å². The molecule has 0 unspecified atom stereocenters. The number of rotatable bonds is 4. The molecule has 2 rings (SSSR count). The SMILES string of the molecule is CCc1ccc(C(=O)N2CCCC[C@@H]2CC(=O)OC)o1. The minimum absolute atomic E-state index is 0.0844. The van der Waals surface area contributed by atoms with E-state index >= 15 is 0 Å². The first-order chi connectivity index (χ1) is 9.65. The second kappa shape index (κ2) is 6.59. The summed E-state index contributed by atoms with van der Waals surface area (Å²) in [5.74, 6) is 0.759. The number of furan rings is 1. The lowest BCUT2D eigenvalue weighted by Crippen LogP contribution is -2.44. The molecule has 20 heavy (non-hydrogen) atoms. The average molecular weight is 279 g/mol. The summed E-state index contributed by atoms with van der Waals surface area (Å²) in [4.78, 5) is 25.7. The molecule has 1 aliphatic heterocycles. The van der Waals surface area contributed by atoms with E-state index in [1.165, 1.54) is 7.11 Å². The molecule has 0 radical (unpaired) electrons. The number of carbonyl (C=O) groups is 2. The minimum atomic E-state index is -0.275. The lowest BCUT2D eigenvalue weighted by Gasteiger charge is -2.34. The Bertz CT molecular complexity index is 480. The molecule has 5 heteroatoms. The monoisotopic (exact) mass is 279 g/mol. The number of likely N-dealkylation sites (tertiary alicyclic amines) is 1. The first kappa shape index (κ1) is 14.6. The highest BCUT2D eigenvalue weighted by Crippen LogP contribution is 2.23. The van der Waals surface area contributed by atoms with Gasteiger partial charge in [0.25, 0.3) is 5.91 Å². The summed E-state index contributed by atoms with van der Waals surface area (Å²) in [6, 6.07) is 3.45. The van der Waals surface area contributed by atoms with Crippen LogP contribution in [0.15, 0.2) is 16.5 Å². The van der Waals surface area contributed by atoms with Crippen molar-refractivity contribution in [3.8, 4) is 0 Å². The summed E-state index contributed by atoms with van der Waals surface area (Å²) in [6.07, 6.45) is 3.85. The van der Waals surface area contributed by atoms with Gasteiger partial charge in [-0.25, -0.2) is 0 Å². The van der Waals surface area contributed by atoms with Gasteiger partial charge in [0.2, 0.25) is 0 Å². The quantitative estimate of drug-likeness (QED) is 0.794. The van der Waals surface area contributed by atoms with Gasteiger partial charge in [-0.2, -0.15) is 0 Å². The minimum Gasteiger partial charge on any atom is -0.469 e. The van der Waals surface area contributed by atoms with Crippen LogP contribution >= 0.6 is 0 Å². The van der Waals surface area contributed by atoms with Gasteiger partial charge in [0.15, 0.2) is 5.76 Å². The third kappa shape index (κ3) is 3.21. The molecule has 1 aromatic rings. The van der Waals surface area contributed by atoms with Crippen LogP contribution in [0.2, 0.25) is 0 Å². The molecule has 0 saturated carbocycles. The maximum atomic E-state index is 12.5. The maximum Gasteiger partial charge on any atom is 0.307 e. The molecule has 2 heterocycles. The van der Waals surface area contributed by atoms with Crippen molar-refractivity contribution in [2.24, 2.45) is 0 Å². The highest BCUT2D eigenvalue weighted by atomic mass is 16.5. The van der Waals surface area contributed by atoms with Crippen LogP contribution < -0.4 is 0 Å².